The topological polar surface area (TPSA) is 66.8 Å². The molecule has 5 nitrogen and oxygen atoms in total. The van der Waals surface area contributed by atoms with Gasteiger partial charge in [-0.1, -0.05) is 0 Å². The largest absolute Gasteiger partial charge is 0.478 e. The number of rotatable bonds is 2. The molecular weight excluding hydrogens is 198 g/mol. The zero-order valence-electron chi connectivity index (χ0n) is 8.26. The minimum absolute atomic E-state index is 0.144. The number of hydrogen-bond acceptors (Lipinski definition) is 3. The summed E-state index contributed by atoms with van der Waals surface area (Å²) < 4.78 is 5.57. The number of hydrogen-bond donors (Lipinski definition) is 1. The first-order valence-electron chi connectivity index (χ1n) is 5.00. The van der Waals surface area contributed by atoms with Crippen molar-refractivity contribution in [1.29, 1.82) is 0 Å². The van der Waals surface area contributed by atoms with Gasteiger partial charge in [0.15, 0.2) is 0 Å². The van der Waals surface area contributed by atoms with Crippen molar-refractivity contribution >= 4 is 11.9 Å². The van der Waals surface area contributed by atoms with E-state index < -0.39 is 5.97 Å². The van der Waals surface area contributed by atoms with E-state index in [1.165, 1.54) is 0 Å². The summed E-state index contributed by atoms with van der Waals surface area (Å²) in [6.45, 7) is 1.17. The number of carboxylic acids is 1. The van der Waals surface area contributed by atoms with E-state index in [1.807, 2.05) is 0 Å². The summed E-state index contributed by atoms with van der Waals surface area (Å²) in [6.07, 6.45) is 4.26. The number of morpholine rings is 1. The number of ether oxygens (including phenoxy) is 1. The zero-order chi connectivity index (χ0) is 10.8. The molecule has 0 aromatic carbocycles. The van der Waals surface area contributed by atoms with Crippen LogP contribution in [0.4, 0.5) is 0 Å². The molecule has 0 aromatic heterocycles. The van der Waals surface area contributed by atoms with Crippen molar-refractivity contribution < 1.29 is 19.4 Å². The molecule has 5 heteroatoms. The Labute approximate surface area is 87.3 Å². The van der Waals surface area contributed by atoms with E-state index in [1.54, 1.807) is 4.90 Å². The summed E-state index contributed by atoms with van der Waals surface area (Å²) in [7, 11) is 0. The van der Waals surface area contributed by atoms with Crippen LogP contribution in [0.3, 0.4) is 0 Å². The Morgan fingerprint density at radius 2 is 1.80 bits per heavy atom. The summed E-state index contributed by atoms with van der Waals surface area (Å²) in [4.78, 5) is 23.4. The van der Waals surface area contributed by atoms with Crippen LogP contribution >= 0.6 is 0 Å². The Morgan fingerprint density at radius 1 is 1.20 bits per heavy atom. The molecule has 15 heavy (non-hydrogen) atoms. The Bertz CT molecular complexity index is 301. The number of carboxylic acid groups (broad SMARTS) is 1. The fraction of sp³-hybridized carbons (Fsp3) is 0.600. The van der Waals surface area contributed by atoms with Gasteiger partial charge < -0.3 is 14.7 Å². The Hall–Kier alpha value is -1.36. The van der Waals surface area contributed by atoms with Gasteiger partial charge in [-0.2, -0.15) is 0 Å². The lowest BCUT2D eigenvalue weighted by Crippen LogP contribution is -2.45. The maximum Gasteiger partial charge on any atom is 0.328 e. The average Bonchev–Trinajstić information content (AvgIpc) is 2.54. The third kappa shape index (κ3) is 2.36. The smallest absolute Gasteiger partial charge is 0.328 e. The van der Waals surface area contributed by atoms with Gasteiger partial charge in [-0.25, -0.2) is 4.79 Å². The van der Waals surface area contributed by atoms with Crippen molar-refractivity contribution in [2.45, 2.75) is 25.0 Å². The molecule has 2 aliphatic heterocycles. The van der Waals surface area contributed by atoms with E-state index in [0.717, 1.165) is 25.0 Å². The lowest BCUT2D eigenvalue weighted by Gasteiger charge is -2.31. The molecule has 0 aliphatic carbocycles. The molecule has 2 aliphatic rings. The molecule has 0 radical (unpaired) electrons. The van der Waals surface area contributed by atoms with E-state index in [4.69, 9.17) is 9.84 Å². The molecule has 1 amide bonds. The second kappa shape index (κ2) is 4.02. The Morgan fingerprint density at radius 3 is 2.33 bits per heavy atom. The standard InChI is InChI=1S/C10H13NO4/c12-9(3-4-10(13)14)11-5-7-1-2-8(6-11)15-7/h3-4,7-8H,1-2,5-6H2,(H,13,14). The van der Waals surface area contributed by atoms with Crippen LogP contribution in [0.5, 0.6) is 0 Å². The number of likely N-dealkylation sites (tertiary alicyclic amines) is 1. The molecule has 0 spiro atoms. The highest BCUT2D eigenvalue weighted by molar-refractivity contribution is 5.94. The third-order valence-electron chi connectivity index (χ3n) is 2.72. The van der Waals surface area contributed by atoms with Gasteiger partial charge in [-0.05, 0) is 12.8 Å². The minimum atomic E-state index is -1.10. The fourth-order valence-corrected chi connectivity index (χ4v) is 2.04. The van der Waals surface area contributed by atoms with Crippen molar-refractivity contribution in [1.82, 2.24) is 4.90 Å². The first-order chi connectivity index (χ1) is 7.15. The van der Waals surface area contributed by atoms with Gasteiger partial charge in [0, 0.05) is 25.2 Å². The van der Waals surface area contributed by atoms with E-state index in [-0.39, 0.29) is 18.1 Å². The number of carbonyl (C=O) groups is 2. The van der Waals surface area contributed by atoms with Crippen molar-refractivity contribution in [3.05, 3.63) is 12.2 Å². The quantitative estimate of drug-likeness (QED) is 0.654. The zero-order valence-corrected chi connectivity index (χ0v) is 8.26. The summed E-state index contributed by atoms with van der Waals surface area (Å²) in [6, 6.07) is 0. The SMILES string of the molecule is O=C(O)C=CC(=O)N1CC2CCC(C1)O2. The van der Waals surface area contributed by atoms with Crippen LogP contribution in [-0.4, -0.2) is 47.2 Å². The molecule has 2 heterocycles. The summed E-state index contributed by atoms with van der Waals surface area (Å²) in [5.74, 6) is -1.34. The normalized spacial score (nSPS) is 29.7. The van der Waals surface area contributed by atoms with E-state index in [9.17, 15) is 9.59 Å². The number of nitrogens with zero attached hydrogens (tertiary/aromatic N) is 1. The maximum absolute atomic E-state index is 11.5. The predicted molar refractivity (Wildman–Crippen MR) is 51.3 cm³/mol. The Balaban J connectivity index is 1.94. The molecule has 2 fully saturated rings. The second-order valence-corrected chi connectivity index (χ2v) is 3.87. The van der Waals surface area contributed by atoms with Crippen LogP contribution in [0, 0.1) is 0 Å². The molecular formula is C10H13NO4. The fourth-order valence-electron chi connectivity index (χ4n) is 2.04. The van der Waals surface area contributed by atoms with Crippen LogP contribution in [-0.2, 0) is 14.3 Å². The molecule has 0 saturated carbocycles. The molecule has 0 aromatic rings. The predicted octanol–water partition coefficient (Wildman–Crippen LogP) is 0.0170. The van der Waals surface area contributed by atoms with Gasteiger partial charge in [0.1, 0.15) is 0 Å². The average molecular weight is 211 g/mol. The minimum Gasteiger partial charge on any atom is -0.478 e. The molecule has 2 unspecified atom stereocenters. The number of carbonyl (C=O) groups excluding carboxylic acids is 1. The summed E-state index contributed by atoms with van der Waals surface area (Å²) in [5, 5.41) is 8.39. The highest BCUT2D eigenvalue weighted by atomic mass is 16.5. The lowest BCUT2D eigenvalue weighted by atomic mass is 10.2. The van der Waals surface area contributed by atoms with Gasteiger partial charge in [-0.15, -0.1) is 0 Å². The van der Waals surface area contributed by atoms with Crippen molar-refractivity contribution in [2.24, 2.45) is 0 Å². The highest BCUT2D eigenvalue weighted by Crippen LogP contribution is 2.26. The lowest BCUT2D eigenvalue weighted by molar-refractivity contribution is -0.135. The van der Waals surface area contributed by atoms with Crippen molar-refractivity contribution in [2.75, 3.05) is 13.1 Å². The van der Waals surface area contributed by atoms with Crippen molar-refractivity contribution in [3.8, 4) is 0 Å². The van der Waals surface area contributed by atoms with Crippen LogP contribution in [0.2, 0.25) is 0 Å². The van der Waals surface area contributed by atoms with E-state index >= 15 is 0 Å². The number of amides is 1. The van der Waals surface area contributed by atoms with Gasteiger partial charge >= 0.3 is 5.97 Å². The molecule has 1 N–H and O–H groups in total. The number of fused-ring (bicyclic) bond motifs is 2. The Kier molecular flexibility index (Phi) is 2.73. The van der Waals surface area contributed by atoms with Gasteiger partial charge in [0.05, 0.1) is 12.2 Å². The monoisotopic (exact) mass is 211 g/mol. The summed E-state index contributed by atoms with van der Waals surface area (Å²) >= 11 is 0. The third-order valence-corrected chi connectivity index (χ3v) is 2.72. The maximum atomic E-state index is 11.5. The first kappa shape index (κ1) is 10.2. The molecule has 2 bridgehead atoms. The van der Waals surface area contributed by atoms with Gasteiger partial charge in [0.25, 0.3) is 0 Å². The van der Waals surface area contributed by atoms with E-state index in [0.29, 0.717) is 13.1 Å². The second-order valence-electron chi connectivity index (χ2n) is 3.87. The highest BCUT2D eigenvalue weighted by Gasteiger charge is 2.34. The molecule has 2 saturated heterocycles. The molecule has 82 valence electrons. The van der Waals surface area contributed by atoms with Crippen LogP contribution < -0.4 is 0 Å². The van der Waals surface area contributed by atoms with E-state index in [2.05, 4.69) is 0 Å². The van der Waals surface area contributed by atoms with Gasteiger partial charge in [0.2, 0.25) is 5.91 Å². The molecule has 2 atom stereocenters. The van der Waals surface area contributed by atoms with Crippen LogP contribution in [0.15, 0.2) is 12.2 Å². The molecule has 2 rings (SSSR count). The van der Waals surface area contributed by atoms with Crippen LogP contribution in [0.25, 0.3) is 0 Å². The van der Waals surface area contributed by atoms with Gasteiger partial charge in [-0.3, -0.25) is 4.79 Å². The first-order valence-corrected chi connectivity index (χ1v) is 5.00. The van der Waals surface area contributed by atoms with Crippen molar-refractivity contribution in [3.63, 3.8) is 0 Å². The summed E-state index contributed by atoms with van der Waals surface area (Å²) in [5.41, 5.74) is 0. The van der Waals surface area contributed by atoms with Crippen LogP contribution in [0.1, 0.15) is 12.8 Å². The number of aliphatic carboxylic acids is 1.